The Balaban J connectivity index is 2.41. The predicted octanol–water partition coefficient (Wildman–Crippen LogP) is 2.99. The van der Waals surface area contributed by atoms with Crippen molar-refractivity contribution in [2.75, 3.05) is 0 Å². The number of rotatable bonds is 1. The van der Waals surface area contributed by atoms with Crippen molar-refractivity contribution in [3.63, 3.8) is 0 Å². The van der Waals surface area contributed by atoms with Gasteiger partial charge in [-0.3, -0.25) is 4.79 Å². The lowest BCUT2D eigenvalue weighted by Crippen LogP contribution is -2.33. The van der Waals surface area contributed by atoms with Gasteiger partial charge in [0.2, 0.25) is 0 Å². The van der Waals surface area contributed by atoms with Gasteiger partial charge in [0.1, 0.15) is 0 Å². The van der Waals surface area contributed by atoms with Gasteiger partial charge in [-0.2, -0.15) is 0 Å². The lowest BCUT2D eigenvalue weighted by atomic mass is 10.2. The topological polar surface area (TPSA) is 54.9 Å². The zero-order valence-electron chi connectivity index (χ0n) is 10.1. The molecule has 2 aromatic carbocycles. The molecule has 0 atom stereocenters. The minimum Gasteiger partial charge on any atom is -0.305 e. The SMILES string of the molecule is O=c1[nH]c2c(Cl)cccc2c(=O)n1-c1ccc(Cl)cc1. The van der Waals surface area contributed by atoms with Gasteiger partial charge in [0, 0.05) is 5.02 Å². The quantitative estimate of drug-likeness (QED) is 0.751. The van der Waals surface area contributed by atoms with E-state index in [0.29, 0.717) is 26.6 Å². The van der Waals surface area contributed by atoms with E-state index in [2.05, 4.69) is 4.98 Å². The third-order valence-corrected chi connectivity index (χ3v) is 3.53. The Morgan fingerprint density at radius 1 is 0.950 bits per heavy atom. The fraction of sp³-hybridized carbons (Fsp3) is 0. The summed E-state index contributed by atoms with van der Waals surface area (Å²) in [4.78, 5) is 27.2. The fourth-order valence-corrected chi connectivity index (χ4v) is 2.38. The molecule has 0 spiro atoms. The normalized spacial score (nSPS) is 10.9. The molecule has 0 aliphatic heterocycles. The van der Waals surface area contributed by atoms with E-state index in [-0.39, 0.29) is 0 Å². The molecular formula is C14H8Cl2N2O2. The molecule has 0 saturated heterocycles. The molecule has 0 fully saturated rings. The van der Waals surface area contributed by atoms with Crippen LogP contribution in [-0.4, -0.2) is 9.55 Å². The largest absolute Gasteiger partial charge is 0.333 e. The molecule has 4 nitrogen and oxygen atoms in total. The van der Waals surface area contributed by atoms with Crippen molar-refractivity contribution in [2.24, 2.45) is 0 Å². The van der Waals surface area contributed by atoms with E-state index in [0.717, 1.165) is 4.57 Å². The summed E-state index contributed by atoms with van der Waals surface area (Å²) < 4.78 is 1.05. The molecule has 0 aliphatic rings. The van der Waals surface area contributed by atoms with Crippen LogP contribution in [0.2, 0.25) is 10.0 Å². The molecule has 1 heterocycles. The molecule has 0 aliphatic carbocycles. The maximum Gasteiger partial charge on any atom is 0.333 e. The van der Waals surface area contributed by atoms with Crippen LogP contribution in [0.4, 0.5) is 0 Å². The van der Waals surface area contributed by atoms with Crippen LogP contribution in [0, 0.1) is 0 Å². The van der Waals surface area contributed by atoms with E-state index in [9.17, 15) is 9.59 Å². The second-order valence-electron chi connectivity index (χ2n) is 4.21. The molecule has 1 aromatic heterocycles. The molecule has 0 amide bonds. The number of aromatic amines is 1. The average Bonchev–Trinajstić information content (AvgIpc) is 2.42. The zero-order chi connectivity index (χ0) is 14.3. The van der Waals surface area contributed by atoms with Gasteiger partial charge in [0.25, 0.3) is 5.56 Å². The molecule has 0 unspecified atom stereocenters. The monoisotopic (exact) mass is 306 g/mol. The third kappa shape index (κ3) is 2.03. The Morgan fingerprint density at radius 2 is 1.65 bits per heavy atom. The smallest absolute Gasteiger partial charge is 0.305 e. The highest BCUT2D eigenvalue weighted by Crippen LogP contribution is 2.18. The average molecular weight is 307 g/mol. The number of fused-ring (bicyclic) bond motifs is 1. The van der Waals surface area contributed by atoms with Crippen LogP contribution in [-0.2, 0) is 0 Å². The lowest BCUT2D eigenvalue weighted by molar-refractivity contribution is 0.901. The highest BCUT2D eigenvalue weighted by atomic mass is 35.5. The Hall–Kier alpha value is -2.04. The Kier molecular flexibility index (Phi) is 3.12. The van der Waals surface area contributed by atoms with Crippen LogP contribution in [0.1, 0.15) is 0 Å². The van der Waals surface area contributed by atoms with Gasteiger partial charge in [0.15, 0.2) is 0 Å². The van der Waals surface area contributed by atoms with E-state index < -0.39 is 11.2 Å². The van der Waals surface area contributed by atoms with Gasteiger partial charge in [-0.25, -0.2) is 9.36 Å². The van der Waals surface area contributed by atoms with Crippen LogP contribution in [0.15, 0.2) is 52.1 Å². The van der Waals surface area contributed by atoms with Crippen LogP contribution < -0.4 is 11.2 Å². The van der Waals surface area contributed by atoms with Crippen molar-refractivity contribution in [3.8, 4) is 5.69 Å². The standard InChI is InChI=1S/C14H8Cl2N2O2/c15-8-4-6-9(7-5-8)18-13(19)10-2-1-3-11(16)12(10)17-14(18)20/h1-7H,(H,17,20). The molecule has 3 aromatic rings. The van der Waals surface area contributed by atoms with Crippen molar-refractivity contribution in [2.45, 2.75) is 0 Å². The second kappa shape index (κ2) is 4.81. The van der Waals surface area contributed by atoms with Crippen molar-refractivity contribution < 1.29 is 0 Å². The molecular weight excluding hydrogens is 299 g/mol. The second-order valence-corrected chi connectivity index (χ2v) is 5.05. The van der Waals surface area contributed by atoms with Crippen LogP contribution in [0.3, 0.4) is 0 Å². The predicted molar refractivity (Wildman–Crippen MR) is 80.2 cm³/mol. The molecule has 3 rings (SSSR count). The van der Waals surface area contributed by atoms with Crippen molar-refractivity contribution in [3.05, 3.63) is 73.3 Å². The summed E-state index contributed by atoms with van der Waals surface area (Å²) in [5.41, 5.74) is -0.177. The van der Waals surface area contributed by atoms with E-state index in [4.69, 9.17) is 23.2 Å². The fourth-order valence-electron chi connectivity index (χ4n) is 2.03. The van der Waals surface area contributed by atoms with Gasteiger partial charge in [0.05, 0.1) is 21.6 Å². The number of hydrogen-bond donors (Lipinski definition) is 1. The summed E-state index contributed by atoms with van der Waals surface area (Å²) in [6.45, 7) is 0. The molecule has 1 N–H and O–H groups in total. The van der Waals surface area contributed by atoms with Crippen molar-refractivity contribution >= 4 is 34.1 Å². The van der Waals surface area contributed by atoms with Crippen LogP contribution in [0.25, 0.3) is 16.6 Å². The Bertz CT molecular complexity index is 911. The Labute approximate surface area is 123 Å². The number of para-hydroxylation sites is 1. The third-order valence-electron chi connectivity index (χ3n) is 2.97. The minimum atomic E-state index is -0.544. The molecule has 0 bridgehead atoms. The molecule has 0 radical (unpaired) electrons. The first-order valence-corrected chi connectivity index (χ1v) is 6.53. The highest BCUT2D eigenvalue weighted by molar-refractivity contribution is 6.34. The van der Waals surface area contributed by atoms with Gasteiger partial charge >= 0.3 is 5.69 Å². The number of H-pyrrole nitrogens is 1. The first kappa shape index (κ1) is 13.0. The summed E-state index contributed by atoms with van der Waals surface area (Å²) in [5, 5.41) is 1.22. The van der Waals surface area contributed by atoms with Gasteiger partial charge in [-0.1, -0.05) is 29.3 Å². The summed E-state index contributed by atoms with van der Waals surface area (Å²) >= 11 is 11.8. The van der Waals surface area contributed by atoms with Crippen LogP contribution in [0.5, 0.6) is 0 Å². The van der Waals surface area contributed by atoms with E-state index in [1.807, 2.05) is 0 Å². The summed E-state index contributed by atoms with van der Waals surface area (Å²) in [6.07, 6.45) is 0. The lowest BCUT2D eigenvalue weighted by Gasteiger charge is -2.07. The molecule has 20 heavy (non-hydrogen) atoms. The number of benzene rings is 2. The van der Waals surface area contributed by atoms with Crippen molar-refractivity contribution in [1.82, 2.24) is 9.55 Å². The Morgan fingerprint density at radius 3 is 2.35 bits per heavy atom. The summed E-state index contributed by atoms with van der Waals surface area (Å²) in [6, 6.07) is 11.3. The van der Waals surface area contributed by atoms with Crippen molar-refractivity contribution in [1.29, 1.82) is 0 Å². The first-order chi connectivity index (χ1) is 9.58. The number of nitrogens with zero attached hydrogens (tertiary/aromatic N) is 1. The van der Waals surface area contributed by atoms with Gasteiger partial charge in [-0.15, -0.1) is 0 Å². The maximum atomic E-state index is 12.4. The van der Waals surface area contributed by atoms with E-state index >= 15 is 0 Å². The molecule has 6 heteroatoms. The van der Waals surface area contributed by atoms with E-state index in [1.165, 1.54) is 0 Å². The van der Waals surface area contributed by atoms with Gasteiger partial charge < -0.3 is 4.98 Å². The molecule has 0 saturated carbocycles. The number of hydrogen-bond acceptors (Lipinski definition) is 2. The zero-order valence-corrected chi connectivity index (χ0v) is 11.6. The minimum absolute atomic E-state index is 0.333. The van der Waals surface area contributed by atoms with E-state index in [1.54, 1.807) is 42.5 Å². The summed E-state index contributed by atoms with van der Waals surface area (Å²) in [5.74, 6) is 0. The maximum absolute atomic E-state index is 12.4. The number of nitrogens with one attached hydrogen (secondary N) is 1. The van der Waals surface area contributed by atoms with Crippen LogP contribution >= 0.6 is 23.2 Å². The number of halogens is 2. The molecule has 100 valence electrons. The number of aromatic nitrogens is 2. The van der Waals surface area contributed by atoms with Gasteiger partial charge in [-0.05, 0) is 36.4 Å². The summed E-state index contributed by atoms with van der Waals surface area (Å²) in [7, 11) is 0. The highest BCUT2D eigenvalue weighted by Gasteiger charge is 2.10. The first-order valence-electron chi connectivity index (χ1n) is 5.77.